The molecule has 1 aromatic heterocycles. The fourth-order valence-corrected chi connectivity index (χ4v) is 2.36. The van der Waals surface area contributed by atoms with Gasteiger partial charge in [0.15, 0.2) is 0 Å². The lowest BCUT2D eigenvalue weighted by Gasteiger charge is -2.06. The number of thiophene rings is 1. The second-order valence-electron chi connectivity index (χ2n) is 4.45. The van der Waals surface area contributed by atoms with Crippen LogP contribution in [0.15, 0.2) is 41.8 Å². The highest BCUT2D eigenvalue weighted by molar-refractivity contribution is 7.09. The number of amides is 1. The standard InChI is InChI=1S/C15H18N2OS/c1-12-4-6-13(7-5-12)9-17-15(18)11-16-10-14-3-2-8-19-14/h2-8,16H,9-11H2,1H3,(H,17,18). The number of aryl methyl sites for hydroxylation is 1. The molecule has 2 N–H and O–H groups in total. The molecule has 0 aliphatic carbocycles. The molecule has 1 heterocycles. The van der Waals surface area contributed by atoms with Crippen molar-refractivity contribution in [2.24, 2.45) is 0 Å². The van der Waals surface area contributed by atoms with Crippen LogP contribution in [0.2, 0.25) is 0 Å². The Kier molecular flexibility index (Phi) is 5.12. The van der Waals surface area contributed by atoms with Crippen LogP contribution in [0.25, 0.3) is 0 Å². The van der Waals surface area contributed by atoms with E-state index >= 15 is 0 Å². The van der Waals surface area contributed by atoms with Gasteiger partial charge in [-0.15, -0.1) is 11.3 Å². The Bertz CT molecular complexity index is 505. The number of rotatable bonds is 6. The lowest BCUT2D eigenvalue weighted by atomic mass is 10.1. The van der Waals surface area contributed by atoms with Gasteiger partial charge in [0.2, 0.25) is 5.91 Å². The molecular weight excluding hydrogens is 256 g/mol. The SMILES string of the molecule is Cc1ccc(CNC(=O)CNCc2cccs2)cc1. The fourth-order valence-electron chi connectivity index (χ4n) is 1.68. The molecule has 0 saturated heterocycles. The molecule has 0 spiro atoms. The summed E-state index contributed by atoms with van der Waals surface area (Å²) in [4.78, 5) is 12.9. The highest BCUT2D eigenvalue weighted by Crippen LogP contribution is 2.07. The molecule has 0 atom stereocenters. The molecule has 0 bridgehead atoms. The Morgan fingerprint density at radius 1 is 1.16 bits per heavy atom. The number of benzene rings is 1. The number of hydrogen-bond acceptors (Lipinski definition) is 3. The maximum absolute atomic E-state index is 11.6. The van der Waals surface area contributed by atoms with E-state index in [9.17, 15) is 4.79 Å². The van der Waals surface area contributed by atoms with Crippen molar-refractivity contribution in [3.05, 3.63) is 57.8 Å². The monoisotopic (exact) mass is 274 g/mol. The summed E-state index contributed by atoms with van der Waals surface area (Å²) in [6, 6.07) is 12.2. The highest BCUT2D eigenvalue weighted by Gasteiger charge is 2.01. The van der Waals surface area contributed by atoms with Crippen molar-refractivity contribution in [3.8, 4) is 0 Å². The van der Waals surface area contributed by atoms with Crippen LogP contribution >= 0.6 is 11.3 Å². The number of hydrogen-bond donors (Lipinski definition) is 2. The van der Waals surface area contributed by atoms with E-state index in [0.29, 0.717) is 13.1 Å². The zero-order chi connectivity index (χ0) is 13.5. The molecule has 0 aliphatic rings. The second-order valence-corrected chi connectivity index (χ2v) is 5.48. The van der Waals surface area contributed by atoms with Crippen molar-refractivity contribution >= 4 is 17.2 Å². The van der Waals surface area contributed by atoms with Gasteiger partial charge >= 0.3 is 0 Å². The van der Waals surface area contributed by atoms with Gasteiger partial charge in [0.05, 0.1) is 6.54 Å². The summed E-state index contributed by atoms with van der Waals surface area (Å²) in [7, 11) is 0. The quantitative estimate of drug-likeness (QED) is 0.849. The molecule has 0 fully saturated rings. The van der Waals surface area contributed by atoms with Gasteiger partial charge in [-0.05, 0) is 23.9 Å². The third-order valence-corrected chi connectivity index (χ3v) is 3.65. The Labute approximate surface area is 117 Å². The highest BCUT2D eigenvalue weighted by atomic mass is 32.1. The van der Waals surface area contributed by atoms with Gasteiger partial charge in [-0.1, -0.05) is 35.9 Å². The summed E-state index contributed by atoms with van der Waals surface area (Å²) in [5, 5.41) is 8.07. The topological polar surface area (TPSA) is 41.1 Å². The van der Waals surface area contributed by atoms with E-state index in [2.05, 4.69) is 35.8 Å². The first-order valence-corrected chi connectivity index (χ1v) is 7.17. The largest absolute Gasteiger partial charge is 0.351 e. The number of carbonyl (C=O) groups excluding carboxylic acids is 1. The average Bonchev–Trinajstić information content (AvgIpc) is 2.91. The van der Waals surface area contributed by atoms with Crippen molar-refractivity contribution in [2.75, 3.05) is 6.54 Å². The van der Waals surface area contributed by atoms with Crippen LogP contribution in [-0.2, 0) is 17.9 Å². The maximum Gasteiger partial charge on any atom is 0.234 e. The third-order valence-electron chi connectivity index (χ3n) is 2.78. The molecule has 0 saturated carbocycles. The first kappa shape index (κ1) is 13.8. The van der Waals surface area contributed by atoms with Gasteiger partial charge in [0.25, 0.3) is 0 Å². The summed E-state index contributed by atoms with van der Waals surface area (Å²) in [5.74, 6) is 0.0251. The van der Waals surface area contributed by atoms with Crippen LogP contribution in [0, 0.1) is 6.92 Å². The van der Waals surface area contributed by atoms with Crippen molar-refractivity contribution in [2.45, 2.75) is 20.0 Å². The zero-order valence-corrected chi connectivity index (χ0v) is 11.8. The first-order chi connectivity index (χ1) is 9.24. The van der Waals surface area contributed by atoms with Crippen molar-refractivity contribution in [3.63, 3.8) is 0 Å². The zero-order valence-electron chi connectivity index (χ0n) is 11.0. The van der Waals surface area contributed by atoms with Crippen LogP contribution in [0.1, 0.15) is 16.0 Å². The molecule has 2 aromatic rings. The molecule has 1 aromatic carbocycles. The lowest BCUT2D eigenvalue weighted by molar-refractivity contribution is -0.120. The van der Waals surface area contributed by atoms with Gasteiger partial charge < -0.3 is 10.6 Å². The predicted octanol–water partition coefficient (Wildman–Crippen LogP) is 2.46. The molecule has 1 amide bonds. The Hall–Kier alpha value is -1.65. The summed E-state index contributed by atoms with van der Waals surface area (Å²) >= 11 is 1.69. The molecular formula is C15H18N2OS. The average molecular weight is 274 g/mol. The summed E-state index contributed by atoms with van der Waals surface area (Å²) in [6.45, 7) is 3.73. The Morgan fingerprint density at radius 2 is 1.95 bits per heavy atom. The predicted molar refractivity (Wildman–Crippen MR) is 79.1 cm³/mol. The lowest BCUT2D eigenvalue weighted by Crippen LogP contribution is -2.33. The molecule has 100 valence electrons. The van der Waals surface area contributed by atoms with Gasteiger partial charge in [-0.25, -0.2) is 0 Å². The summed E-state index contributed by atoms with van der Waals surface area (Å²) in [5.41, 5.74) is 2.35. The van der Waals surface area contributed by atoms with Crippen molar-refractivity contribution in [1.29, 1.82) is 0 Å². The van der Waals surface area contributed by atoms with Crippen LogP contribution in [-0.4, -0.2) is 12.5 Å². The minimum atomic E-state index is 0.0251. The maximum atomic E-state index is 11.6. The van der Waals surface area contributed by atoms with Gasteiger partial charge in [-0.2, -0.15) is 0 Å². The molecule has 3 nitrogen and oxygen atoms in total. The van der Waals surface area contributed by atoms with Gasteiger partial charge in [0.1, 0.15) is 0 Å². The minimum absolute atomic E-state index is 0.0251. The summed E-state index contributed by atoms with van der Waals surface area (Å²) in [6.07, 6.45) is 0. The van der Waals surface area contributed by atoms with E-state index in [1.165, 1.54) is 10.4 Å². The number of carbonyl (C=O) groups is 1. The smallest absolute Gasteiger partial charge is 0.234 e. The van der Waals surface area contributed by atoms with E-state index in [-0.39, 0.29) is 5.91 Å². The molecule has 4 heteroatoms. The summed E-state index contributed by atoms with van der Waals surface area (Å²) < 4.78 is 0. The first-order valence-electron chi connectivity index (χ1n) is 6.29. The van der Waals surface area contributed by atoms with E-state index in [1.807, 2.05) is 23.6 Å². The van der Waals surface area contributed by atoms with Gasteiger partial charge in [0, 0.05) is 18.0 Å². The van der Waals surface area contributed by atoms with Crippen LogP contribution in [0.4, 0.5) is 0 Å². The molecule has 2 rings (SSSR count). The molecule has 0 unspecified atom stereocenters. The second kappa shape index (κ2) is 7.07. The van der Waals surface area contributed by atoms with Crippen molar-refractivity contribution in [1.82, 2.24) is 10.6 Å². The minimum Gasteiger partial charge on any atom is -0.351 e. The normalized spacial score (nSPS) is 10.4. The van der Waals surface area contributed by atoms with Crippen LogP contribution < -0.4 is 10.6 Å². The van der Waals surface area contributed by atoms with Crippen LogP contribution in [0.3, 0.4) is 0 Å². The van der Waals surface area contributed by atoms with Crippen LogP contribution in [0.5, 0.6) is 0 Å². The van der Waals surface area contributed by atoms with E-state index in [1.54, 1.807) is 11.3 Å². The van der Waals surface area contributed by atoms with Crippen molar-refractivity contribution < 1.29 is 4.79 Å². The third kappa shape index (κ3) is 4.85. The molecule has 19 heavy (non-hydrogen) atoms. The Balaban J connectivity index is 1.65. The van der Waals surface area contributed by atoms with Gasteiger partial charge in [-0.3, -0.25) is 4.79 Å². The molecule has 0 radical (unpaired) electrons. The van der Waals surface area contributed by atoms with E-state index in [0.717, 1.165) is 12.1 Å². The number of nitrogens with one attached hydrogen (secondary N) is 2. The van der Waals surface area contributed by atoms with E-state index in [4.69, 9.17) is 0 Å². The Morgan fingerprint density at radius 3 is 2.63 bits per heavy atom. The van der Waals surface area contributed by atoms with E-state index < -0.39 is 0 Å². The molecule has 0 aliphatic heterocycles. The fraction of sp³-hybridized carbons (Fsp3) is 0.267.